The van der Waals surface area contributed by atoms with E-state index in [-0.39, 0.29) is 11.5 Å². The van der Waals surface area contributed by atoms with Crippen molar-refractivity contribution >= 4 is 45.2 Å². The molecular formula is C26H32I2O2. The molecule has 3 aliphatic carbocycles. The van der Waals surface area contributed by atoms with Gasteiger partial charge < -0.3 is 9.47 Å². The van der Waals surface area contributed by atoms with Crippen molar-refractivity contribution in [3.05, 3.63) is 71.8 Å². The molecule has 4 heteroatoms. The SMILES string of the molecule is ICC1(CI)CC(OCc2ccccc2)C1.[2H]C1([2H])CC12CC(OCc1ccccc1)C2. The average molecular weight is 632 g/mol. The van der Waals surface area contributed by atoms with E-state index in [9.17, 15) is 0 Å². The van der Waals surface area contributed by atoms with Gasteiger partial charge in [0.15, 0.2) is 0 Å². The Morgan fingerprint density at radius 2 is 1.20 bits per heavy atom. The Bertz CT molecular complexity index is 791. The van der Waals surface area contributed by atoms with Crippen molar-refractivity contribution in [3.8, 4) is 0 Å². The van der Waals surface area contributed by atoms with Crippen molar-refractivity contribution < 1.29 is 12.2 Å². The van der Waals surface area contributed by atoms with Crippen molar-refractivity contribution in [2.75, 3.05) is 8.86 Å². The van der Waals surface area contributed by atoms with E-state index < -0.39 is 6.37 Å². The molecule has 1 spiro atoms. The number of benzene rings is 2. The Kier molecular flexibility index (Phi) is 7.23. The van der Waals surface area contributed by atoms with Gasteiger partial charge in [-0.3, -0.25) is 0 Å². The fraction of sp³-hybridized carbons (Fsp3) is 0.538. The molecule has 2 nitrogen and oxygen atoms in total. The van der Waals surface area contributed by atoms with Crippen molar-refractivity contribution in [1.82, 2.24) is 0 Å². The Balaban J connectivity index is 0.000000153. The fourth-order valence-corrected chi connectivity index (χ4v) is 7.01. The van der Waals surface area contributed by atoms with Crippen LogP contribution in [0.2, 0.25) is 0 Å². The summed E-state index contributed by atoms with van der Waals surface area (Å²) in [4.78, 5) is 0. The molecule has 3 fully saturated rings. The van der Waals surface area contributed by atoms with Crippen LogP contribution in [0.1, 0.15) is 52.3 Å². The van der Waals surface area contributed by atoms with Crippen LogP contribution in [0, 0.1) is 10.8 Å². The largest absolute Gasteiger partial charge is 0.374 e. The molecule has 0 atom stereocenters. The molecule has 0 N–H and O–H groups in total. The third-order valence-electron chi connectivity index (χ3n) is 6.46. The summed E-state index contributed by atoms with van der Waals surface area (Å²) in [5, 5.41) is 0. The molecule has 3 aliphatic rings. The predicted octanol–water partition coefficient (Wildman–Crippen LogP) is 7.37. The summed E-state index contributed by atoms with van der Waals surface area (Å²) in [6.45, 7) is 1.43. The highest BCUT2D eigenvalue weighted by atomic mass is 127. The second kappa shape index (κ2) is 10.6. The zero-order chi connectivity index (χ0) is 22.7. The second-order valence-electron chi connectivity index (χ2n) is 9.05. The normalized spacial score (nSPS) is 23.9. The number of rotatable bonds is 8. The molecule has 0 saturated heterocycles. The third kappa shape index (κ3) is 6.20. The van der Waals surface area contributed by atoms with E-state index >= 15 is 0 Å². The molecule has 5 rings (SSSR count). The summed E-state index contributed by atoms with van der Waals surface area (Å²) in [5.74, 6) is 0. The van der Waals surface area contributed by atoms with Crippen LogP contribution in [-0.2, 0) is 22.7 Å². The lowest BCUT2D eigenvalue weighted by Gasteiger charge is -2.45. The van der Waals surface area contributed by atoms with E-state index in [0.717, 1.165) is 25.9 Å². The number of hydrogen-bond acceptors (Lipinski definition) is 2. The maximum Gasteiger partial charge on any atom is 0.0720 e. The van der Waals surface area contributed by atoms with Gasteiger partial charge in [0.1, 0.15) is 0 Å². The fourth-order valence-electron chi connectivity index (χ4n) is 4.20. The van der Waals surface area contributed by atoms with Gasteiger partial charge in [-0.1, -0.05) is 106 Å². The summed E-state index contributed by atoms with van der Waals surface area (Å²) < 4.78 is 29.5. The van der Waals surface area contributed by atoms with E-state index in [2.05, 4.69) is 81.6 Å². The van der Waals surface area contributed by atoms with Crippen molar-refractivity contribution in [3.63, 3.8) is 0 Å². The number of halogens is 2. The maximum absolute atomic E-state index is 7.65. The summed E-state index contributed by atoms with van der Waals surface area (Å²) in [6.07, 6.45) is 4.91. The lowest BCUT2D eigenvalue weighted by atomic mass is 9.70. The first kappa shape index (κ1) is 20.4. The Morgan fingerprint density at radius 3 is 1.60 bits per heavy atom. The van der Waals surface area contributed by atoms with E-state index in [1.807, 2.05) is 24.3 Å². The van der Waals surface area contributed by atoms with Crippen molar-refractivity contribution in [2.45, 2.75) is 63.9 Å². The van der Waals surface area contributed by atoms with Crippen LogP contribution >= 0.6 is 45.2 Å². The molecule has 0 aliphatic heterocycles. The van der Waals surface area contributed by atoms with Crippen molar-refractivity contribution in [1.29, 1.82) is 0 Å². The van der Waals surface area contributed by atoms with Gasteiger partial charge in [-0.2, -0.15) is 0 Å². The predicted molar refractivity (Wildman–Crippen MR) is 140 cm³/mol. The van der Waals surface area contributed by atoms with Crippen LogP contribution in [0.4, 0.5) is 0 Å². The lowest BCUT2D eigenvalue weighted by molar-refractivity contribution is -0.0671. The molecule has 30 heavy (non-hydrogen) atoms. The molecule has 162 valence electrons. The highest BCUT2D eigenvalue weighted by Gasteiger charge is 2.53. The maximum atomic E-state index is 7.65. The first-order valence-corrected chi connectivity index (χ1v) is 13.9. The van der Waals surface area contributed by atoms with Gasteiger partial charge in [-0.05, 0) is 60.4 Å². The van der Waals surface area contributed by atoms with Gasteiger partial charge in [-0.15, -0.1) is 0 Å². The third-order valence-corrected chi connectivity index (χ3v) is 9.70. The van der Waals surface area contributed by atoms with Gasteiger partial charge in [0.2, 0.25) is 0 Å². The van der Waals surface area contributed by atoms with E-state index in [1.165, 1.54) is 32.8 Å². The number of alkyl halides is 2. The molecule has 0 heterocycles. The van der Waals surface area contributed by atoms with Crippen LogP contribution in [0.15, 0.2) is 60.7 Å². The molecular weight excluding hydrogens is 598 g/mol. The summed E-state index contributed by atoms with van der Waals surface area (Å²) in [7, 11) is 0. The van der Waals surface area contributed by atoms with Gasteiger partial charge in [0.25, 0.3) is 0 Å². The van der Waals surface area contributed by atoms with E-state index in [0.29, 0.717) is 18.1 Å². The molecule has 0 amide bonds. The standard InChI is InChI=1S/C13H16I2O.C13H16O/c14-9-13(10-15)6-12(7-13)16-8-11-4-2-1-3-5-11;1-2-4-11(5-3-1)10-14-12-8-13(9-12)6-7-13/h1-5,12H,6-10H2;1-5,12H,6-10H2/i;6D2. The first-order valence-electron chi connectivity index (χ1n) is 11.8. The molecule has 2 aromatic carbocycles. The smallest absolute Gasteiger partial charge is 0.0720 e. The van der Waals surface area contributed by atoms with Crippen LogP contribution in [0.5, 0.6) is 0 Å². The lowest BCUT2D eigenvalue weighted by Crippen LogP contribution is -2.44. The van der Waals surface area contributed by atoms with E-state index in [1.54, 1.807) is 0 Å². The minimum Gasteiger partial charge on any atom is -0.374 e. The molecule has 3 saturated carbocycles. The van der Waals surface area contributed by atoms with Crippen LogP contribution in [0.3, 0.4) is 0 Å². The summed E-state index contributed by atoms with van der Waals surface area (Å²) in [6, 6.07) is 20.6. The zero-order valence-electron chi connectivity index (χ0n) is 19.4. The zero-order valence-corrected chi connectivity index (χ0v) is 21.7. The number of ether oxygens (including phenoxy) is 2. The quantitative estimate of drug-likeness (QED) is 0.224. The summed E-state index contributed by atoms with van der Waals surface area (Å²) >= 11 is 5.01. The molecule has 0 radical (unpaired) electrons. The van der Waals surface area contributed by atoms with E-state index in [4.69, 9.17) is 12.2 Å². The Morgan fingerprint density at radius 1 is 0.767 bits per heavy atom. The highest BCUT2D eigenvalue weighted by molar-refractivity contribution is 14.1. The topological polar surface area (TPSA) is 18.5 Å². The number of hydrogen-bond donors (Lipinski definition) is 0. The minimum atomic E-state index is -0.903. The van der Waals surface area contributed by atoms with Crippen molar-refractivity contribution in [2.24, 2.45) is 10.8 Å². The second-order valence-corrected chi connectivity index (χ2v) is 10.6. The Labute approximate surface area is 211 Å². The Hall–Kier alpha value is -0.180. The molecule has 0 bridgehead atoms. The van der Waals surface area contributed by atoms with Crippen LogP contribution in [0.25, 0.3) is 0 Å². The van der Waals surface area contributed by atoms with Gasteiger partial charge in [0, 0.05) is 11.6 Å². The van der Waals surface area contributed by atoms with Crippen LogP contribution in [-0.4, -0.2) is 21.1 Å². The average Bonchev–Trinajstić information content (AvgIpc) is 3.35. The minimum absolute atomic E-state index is 0.00560. The van der Waals surface area contributed by atoms with Gasteiger partial charge in [-0.25, -0.2) is 0 Å². The monoisotopic (exact) mass is 632 g/mol. The molecule has 0 unspecified atom stereocenters. The molecule has 2 aromatic rings. The molecule has 0 aromatic heterocycles. The summed E-state index contributed by atoms with van der Waals surface area (Å²) in [5.41, 5.74) is 3.04. The highest BCUT2D eigenvalue weighted by Crippen LogP contribution is 2.61. The first-order chi connectivity index (χ1) is 15.4. The van der Waals surface area contributed by atoms with Crippen LogP contribution < -0.4 is 0 Å². The van der Waals surface area contributed by atoms with Gasteiger partial charge in [0.05, 0.1) is 25.4 Å². The van der Waals surface area contributed by atoms with Gasteiger partial charge >= 0.3 is 0 Å².